The Bertz CT molecular complexity index is 1420. The number of pyridine rings is 1. The highest BCUT2D eigenvalue weighted by atomic mass is 16.5. The highest BCUT2D eigenvalue weighted by Gasteiger charge is 2.26. The van der Waals surface area contributed by atoms with Crippen LogP contribution in [0.4, 0.5) is 21.9 Å². The molecule has 0 bridgehead atoms. The number of hydrogen-bond donors (Lipinski definition) is 1. The van der Waals surface area contributed by atoms with Gasteiger partial charge in [0.2, 0.25) is 0 Å². The maximum atomic E-state index is 14.1. The van der Waals surface area contributed by atoms with Crippen molar-refractivity contribution in [3.8, 4) is 5.75 Å². The average molecular weight is 535 g/mol. The fourth-order valence-electron chi connectivity index (χ4n) is 5.01. The summed E-state index contributed by atoms with van der Waals surface area (Å²) in [6.45, 7) is -0.369. The summed E-state index contributed by atoms with van der Waals surface area (Å²) in [6.07, 6.45) is 8.50. The molecule has 1 aliphatic rings. The number of carbonyl (C=O) groups is 2. The number of urea groups is 1. The van der Waals surface area contributed by atoms with Crippen molar-refractivity contribution in [1.82, 2.24) is 4.98 Å². The number of benzene rings is 3. The van der Waals surface area contributed by atoms with Crippen LogP contribution in [0.5, 0.6) is 5.75 Å². The average Bonchev–Trinajstić information content (AvgIpc) is 3.00. The van der Waals surface area contributed by atoms with E-state index >= 15 is 0 Å². The van der Waals surface area contributed by atoms with Gasteiger partial charge in [0.15, 0.2) is 6.61 Å². The number of fused-ring (bicyclic) bond motifs is 1. The number of anilines is 3. The second kappa shape index (κ2) is 12.7. The molecule has 5 rings (SSSR count). The van der Waals surface area contributed by atoms with Gasteiger partial charge in [-0.1, -0.05) is 48.5 Å². The molecule has 0 aliphatic heterocycles. The number of hydrogen-bond acceptors (Lipinski definition) is 5. The van der Waals surface area contributed by atoms with Crippen molar-refractivity contribution in [3.63, 3.8) is 0 Å². The number of carbonyl (C=O) groups excluding carboxylic acids is 1. The van der Waals surface area contributed by atoms with Crippen LogP contribution in [0.25, 0.3) is 0 Å². The molecule has 3 aromatic carbocycles. The Balaban J connectivity index is 1.43. The lowest BCUT2D eigenvalue weighted by molar-refractivity contribution is -0.139. The monoisotopic (exact) mass is 534 g/mol. The van der Waals surface area contributed by atoms with Crippen molar-refractivity contribution in [2.24, 2.45) is 5.10 Å². The Morgan fingerprint density at radius 3 is 2.35 bits per heavy atom. The van der Waals surface area contributed by atoms with Gasteiger partial charge in [0, 0.05) is 12.4 Å². The number of carboxylic acid groups (broad SMARTS) is 1. The largest absolute Gasteiger partial charge is 0.482 e. The van der Waals surface area contributed by atoms with Crippen LogP contribution in [0.15, 0.2) is 108 Å². The smallest absolute Gasteiger partial charge is 0.354 e. The topological polar surface area (TPSA) is 95.3 Å². The number of aromatic nitrogens is 1. The van der Waals surface area contributed by atoms with Gasteiger partial charge < -0.3 is 9.84 Å². The molecule has 1 aromatic heterocycles. The van der Waals surface area contributed by atoms with Crippen LogP contribution >= 0.6 is 0 Å². The van der Waals surface area contributed by atoms with E-state index in [4.69, 9.17) is 14.9 Å². The molecule has 202 valence electrons. The number of para-hydroxylation sites is 2. The van der Waals surface area contributed by atoms with Gasteiger partial charge >= 0.3 is 12.0 Å². The second-order valence-corrected chi connectivity index (χ2v) is 9.44. The Kier molecular flexibility index (Phi) is 8.46. The van der Waals surface area contributed by atoms with Gasteiger partial charge in [-0.25, -0.2) is 9.59 Å². The van der Waals surface area contributed by atoms with Crippen LogP contribution in [0, 0.1) is 0 Å². The highest BCUT2D eigenvalue weighted by Crippen LogP contribution is 2.38. The van der Waals surface area contributed by atoms with Crippen LogP contribution in [-0.4, -0.2) is 34.9 Å². The fourth-order valence-corrected chi connectivity index (χ4v) is 5.01. The number of hydrazone groups is 1. The Morgan fingerprint density at radius 1 is 0.925 bits per heavy atom. The molecule has 0 saturated carbocycles. The Hall–Kier alpha value is -4.98. The third-order valence-electron chi connectivity index (χ3n) is 6.82. The van der Waals surface area contributed by atoms with Gasteiger partial charge in [0.05, 0.1) is 23.3 Å². The molecule has 1 atom stereocenters. The quantitative estimate of drug-likeness (QED) is 0.188. The zero-order valence-electron chi connectivity index (χ0n) is 22.0. The van der Waals surface area contributed by atoms with Crippen molar-refractivity contribution in [2.75, 3.05) is 16.5 Å². The third-order valence-corrected chi connectivity index (χ3v) is 6.82. The first-order valence-corrected chi connectivity index (χ1v) is 13.2. The van der Waals surface area contributed by atoms with Crippen molar-refractivity contribution in [2.45, 2.75) is 31.6 Å². The minimum atomic E-state index is -1.00. The van der Waals surface area contributed by atoms with Crippen molar-refractivity contribution >= 4 is 35.3 Å². The van der Waals surface area contributed by atoms with Gasteiger partial charge in [0.1, 0.15) is 5.75 Å². The van der Waals surface area contributed by atoms with Crippen LogP contribution in [-0.2, 0) is 11.2 Å². The maximum Gasteiger partial charge on any atom is 0.354 e. The third kappa shape index (κ3) is 6.18. The molecule has 0 radical (unpaired) electrons. The van der Waals surface area contributed by atoms with Gasteiger partial charge in [-0.15, -0.1) is 0 Å². The highest BCUT2D eigenvalue weighted by molar-refractivity contribution is 6.08. The molecule has 1 aliphatic carbocycles. The number of aliphatic carboxylic acids is 1. The summed E-state index contributed by atoms with van der Waals surface area (Å²) >= 11 is 0. The zero-order chi connectivity index (χ0) is 27.7. The Labute approximate surface area is 233 Å². The molecular weight excluding hydrogens is 504 g/mol. The minimum absolute atomic E-state index is 0.178. The molecule has 0 fully saturated rings. The van der Waals surface area contributed by atoms with E-state index in [9.17, 15) is 9.59 Å². The number of rotatable bonds is 9. The lowest BCUT2D eigenvalue weighted by atomic mass is 9.81. The first-order valence-electron chi connectivity index (χ1n) is 13.2. The molecule has 1 unspecified atom stereocenters. The van der Waals surface area contributed by atoms with Crippen molar-refractivity contribution < 1.29 is 19.4 Å². The molecule has 0 spiro atoms. The standard InChI is InChI=1S/C32H30N4O4/c37-31(38)23-40-30-18-8-16-28-24(10-7-17-29(28)30)19-21-34-36(26-13-5-2-6-14-26)32(39)35(25-11-3-1-4-12-25)27-15-9-20-33-22-27/h1-6,8-9,11-16,18,20-22,24H,7,10,17,19,23H2,(H,37,38). The summed E-state index contributed by atoms with van der Waals surface area (Å²) in [5.41, 5.74) is 4.16. The van der Waals surface area contributed by atoms with E-state index in [0.29, 0.717) is 29.2 Å². The minimum Gasteiger partial charge on any atom is -0.482 e. The number of amides is 2. The Morgan fingerprint density at radius 2 is 1.65 bits per heavy atom. The normalized spacial score (nSPS) is 14.3. The summed E-state index contributed by atoms with van der Waals surface area (Å²) in [5.74, 6) is -0.201. The van der Waals surface area contributed by atoms with E-state index in [1.165, 1.54) is 5.01 Å². The van der Waals surface area contributed by atoms with E-state index in [1.807, 2.05) is 78.9 Å². The number of ether oxygens (including phenoxy) is 1. The van der Waals surface area contributed by atoms with Crippen LogP contribution in [0.1, 0.15) is 36.3 Å². The molecule has 1 N–H and O–H groups in total. The molecule has 8 heteroatoms. The second-order valence-electron chi connectivity index (χ2n) is 9.44. The summed E-state index contributed by atoms with van der Waals surface area (Å²) in [6, 6.07) is 27.9. The van der Waals surface area contributed by atoms with E-state index in [2.05, 4.69) is 11.1 Å². The number of nitrogens with zero attached hydrogens (tertiary/aromatic N) is 4. The predicted molar refractivity (Wildman–Crippen MR) is 155 cm³/mol. The first kappa shape index (κ1) is 26.6. The maximum absolute atomic E-state index is 14.1. The predicted octanol–water partition coefficient (Wildman–Crippen LogP) is 6.81. The number of carboxylic acids is 1. The molecule has 2 amide bonds. The van der Waals surface area contributed by atoms with Crippen LogP contribution < -0.4 is 14.6 Å². The van der Waals surface area contributed by atoms with E-state index in [-0.39, 0.29) is 18.6 Å². The van der Waals surface area contributed by atoms with Gasteiger partial charge in [-0.2, -0.15) is 10.1 Å². The lowest BCUT2D eigenvalue weighted by Crippen LogP contribution is -2.38. The van der Waals surface area contributed by atoms with E-state index < -0.39 is 5.97 Å². The summed E-state index contributed by atoms with van der Waals surface area (Å²) in [7, 11) is 0. The van der Waals surface area contributed by atoms with Gasteiger partial charge in [-0.3, -0.25) is 9.88 Å². The fraction of sp³-hybridized carbons (Fsp3) is 0.188. The first-order chi connectivity index (χ1) is 19.6. The van der Waals surface area contributed by atoms with Gasteiger partial charge in [-0.05, 0) is 85.2 Å². The molecule has 0 saturated heterocycles. The lowest BCUT2D eigenvalue weighted by Gasteiger charge is -2.28. The summed E-state index contributed by atoms with van der Waals surface area (Å²) in [4.78, 5) is 31.0. The molecule has 4 aromatic rings. The molecule has 8 nitrogen and oxygen atoms in total. The molecule has 40 heavy (non-hydrogen) atoms. The van der Waals surface area contributed by atoms with Crippen LogP contribution in [0.3, 0.4) is 0 Å². The molecular formula is C32H30N4O4. The summed E-state index contributed by atoms with van der Waals surface area (Å²) < 4.78 is 5.56. The molecule has 1 heterocycles. The van der Waals surface area contributed by atoms with Crippen molar-refractivity contribution in [3.05, 3.63) is 115 Å². The van der Waals surface area contributed by atoms with E-state index in [0.717, 1.165) is 30.4 Å². The van der Waals surface area contributed by atoms with Crippen molar-refractivity contribution in [1.29, 1.82) is 0 Å². The van der Waals surface area contributed by atoms with Gasteiger partial charge in [0.25, 0.3) is 0 Å². The zero-order valence-corrected chi connectivity index (χ0v) is 22.0. The SMILES string of the molecule is O=C(O)COc1cccc2c1CCCC2CC=NN(C(=O)N(c1ccccc1)c1cccnc1)c1ccccc1. The van der Waals surface area contributed by atoms with Crippen LogP contribution in [0.2, 0.25) is 0 Å². The van der Waals surface area contributed by atoms with E-state index in [1.54, 1.807) is 29.6 Å². The summed E-state index contributed by atoms with van der Waals surface area (Å²) in [5, 5.41) is 15.2.